The summed E-state index contributed by atoms with van der Waals surface area (Å²) in [5.41, 5.74) is 13.8. The summed E-state index contributed by atoms with van der Waals surface area (Å²) < 4.78 is 90.8. The maximum atomic E-state index is 14.6. The molecule has 4 aliphatic carbocycles. The molecule has 0 bridgehead atoms. The molecule has 658 valence electrons. The second-order valence-electron chi connectivity index (χ2n) is 33.9. The third-order valence-electron chi connectivity index (χ3n) is 26.1. The summed E-state index contributed by atoms with van der Waals surface area (Å²) in [4.78, 5) is 17.9. The first-order chi connectivity index (χ1) is 61.0. The van der Waals surface area contributed by atoms with E-state index in [0.29, 0.717) is 92.6 Å². The van der Waals surface area contributed by atoms with Crippen LogP contribution in [-0.2, 0) is 39.0 Å². The van der Waals surface area contributed by atoms with Gasteiger partial charge in [0.2, 0.25) is 0 Å². The fourth-order valence-corrected chi connectivity index (χ4v) is 19.1. The Morgan fingerprint density at radius 1 is 0.468 bits per heavy atom. The van der Waals surface area contributed by atoms with E-state index in [0.717, 1.165) is 126 Å². The van der Waals surface area contributed by atoms with E-state index in [4.69, 9.17) is 32.9 Å². The Morgan fingerprint density at radius 2 is 0.905 bits per heavy atom. The van der Waals surface area contributed by atoms with Gasteiger partial charge in [-0.25, -0.2) is 33.1 Å². The van der Waals surface area contributed by atoms with Crippen LogP contribution in [0, 0.1) is 44.8 Å². The van der Waals surface area contributed by atoms with Gasteiger partial charge in [-0.2, -0.15) is 5.26 Å². The normalized spacial score (nSPS) is 26.1. The minimum absolute atomic E-state index is 0.0720. The van der Waals surface area contributed by atoms with E-state index < -0.39 is 97.1 Å². The van der Waals surface area contributed by atoms with Crippen molar-refractivity contribution in [1.29, 1.82) is 5.26 Å². The molecule has 29 nitrogen and oxygen atoms in total. The van der Waals surface area contributed by atoms with E-state index in [1.54, 1.807) is 49.4 Å². The minimum atomic E-state index is -2.98. The molecule has 32 heteroatoms. The molecule has 0 amide bonds. The molecule has 0 spiro atoms. The molecule has 13 heterocycles. The Balaban J connectivity index is 0.000000114. The molecule has 13 aromatic rings. The monoisotopic (exact) mass is 1720 g/mol. The molecule has 4 saturated carbocycles. The average molecular weight is 1720 g/mol. The largest absolute Gasteiger partial charge is 0.492 e. The number of benzene rings is 4. The van der Waals surface area contributed by atoms with Crippen LogP contribution < -0.4 is 49.7 Å². The van der Waals surface area contributed by atoms with Crippen molar-refractivity contribution >= 4 is 44.1 Å². The average Bonchev–Trinajstić information content (AvgIpc) is 1.57. The summed E-state index contributed by atoms with van der Waals surface area (Å²) in [5, 5.41) is 117. The first-order valence-corrected chi connectivity index (χ1v) is 42.8. The van der Waals surface area contributed by atoms with Gasteiger partial charge in [-0.05, 0) is 184 Å². The molecule has 4 fully saturated rings. The van der Waals surface area contributed by atoms with Crippen molar-refractivity contribution in [1.82, 2.24) is 64.6 Å². The maximum absolute atomic E-state index is 14.6. The van der Waals surface area contributed by atoms with Gasteiger partial charge in [-0.3, -0.25) is 0 Å². The van der Waals surface area contributed by atoms with Crippen LogP contribution in [0.2, 0.25) is 0 Å². The Bertz CT molecular complexity index is 6180. The van der Waals surface area contributed by atoms with Crippen molar-refractivity contribution in [2.45, 2.75) is 209 Å². The van der Waals surface area contributed by atoms with Crippen molar-refractivity contribution in [3.8, 4) is 51.7 Å². The van der Waals surface area contributed by atoms with E-state index in [-0.39, 0.29) is 54.9 Å². The third-order valence-corrected chi connectivity index (χ3v) is 26.1. The van der Waals surface area contributed by atoms with Crippen LogP contribution in [0.3, 0.4) is 0 Å². The number of nitrogens with zero attached hydrogens (tertiary/aromatic N) is 10. The number of aromatic nitrogens is 9. The number of fused-ring (bicyclic) bond motifs is 8. The number of pyridine rings is 4. The summed E-state index contributed by atoms with van der Waals surface area (Å²) in [7, 11) is 0. The second-order valence-corrected chi connectivity index (χ2v) is 33.9. The van der Waals surface area contributed by atoms with E-state index in [1.807, 2.05) is 150 Å². The molecular formula is C94H101F3N14O15. The van der Waals surface area contributed by atoms with Gasteiger partial charge in [0, 0.05) is 158 Å². The van der Waals surface area contributed by atoms with E-state index >= 15 is 0 Å². The summed E-state index contributed by atoms with van der Waals surface area (Å²) in [6.07, 6.45) is 6.79. The summed E-state index contributed by atoms with van der Waals surface area (Å²) in [6, 6.07) is 30.5. The maximum Gasteiger partial charge on any atom is 0.266 e. The SMILES string of the molecule is Cc1ccnc2c1ccn2C1CC(Oc2cc(-c3cnoc3)cc3c2CNCC3)C(O)C1O.Cc1ccnc2c1ccn2C1CC(Oc2cc(C#N)cc3c2CNCCO3)C(O)C1O.Cc1ccnc2c1ccn2C1CC(Oc2cc(C(F)F)c(F)c3c2CNCC3)C(O)C1O.Cc1ccnc2c1ccn2C1CC(Oc2cccc3c2CNCC(C)O3)C(O)C1O. The topological polar surface area (TPSA) is 386 Å². The molecule has 0 radical (unpaired) electrons. The number of halogens is 3. The third kappa shape index (κ3) is 16.4. The number of aliphatic hydroxyl groups excluding tert-OH is 8. The molecule has 21 rings (SSSR count). The van der Waals surface area contributed by atoms with Gasteiger partial charge in [0.05, 0.1) is 53.1 Å². The minimum Gasteiger partial charge on any atom is -0.492 e. The molecule has 126 heavy (non-hydrogen) atoms. The highest BCUT2D eigenvalue weighted by atomic mass is 19.3. The molecule has 8 aliphatic rings. The summed E-state index contributed by atoms with van der Waals surface area (Å²) in [6.45, 7) is 15.6. The van der Waals surface area contributed by atoms with Crippen molar-refractivity contribution < 1.29 is 87.0 Å². The van der Waals surface area contributed by atoms with Crippen LogP contribution in [0.5, 0.6) is 34.5 Å². The van der Waals surface area contributed by atoms with Crippen LogP contribution in [0.1, 0.15) is 130 Å². The molecule has 4 aliphatic heterocycles. The number of hydrogen-bond acceptors (Lipinski definition) is 25. The molecule has 9 aromatic heterocycles. The van der Waals surface area contributed by atoms with Gasteiger partial charge in [0.25, 0.3) is 6.43 Å². The van der Waals surface area contributed by atoms with Gasteiger partial charge < -0.3 is 113 Å². The van der Waals surface area contributed by atoms with Crippen LogP contribution in [0.15, 0.2) is 164 Å². The highest BCUT2D eigenvalue weighted by Gasteiger charge is 2.49. The highest BCUT2D eigenvalue weighted by Crippen LogP contribution is 2.46. The first kappa shape index (κ1) is 85.3. The van der Waals surface area contributed by atoms with Crippen LogP contribution >= 0.6 is 0 Å². The fraction of sp³-hybridized carbons (Fsp3) is 0.404. The van der Waals surface area contributed by atoms with Crippen molar-refractivity contribution in [3.63, 3.8) is 0 Å². The number of nitrogens with one attached hydrogen (secondary N) is 4. The van der Waals surface area contributed by atoms with Gasteiger partial charge >= 0.3 is 0 Å². The summed E-state index contributed by atoms with van der Waals surface area (Å²) >= 11 is 0. The van der Waals surface area contributed by atoms with Crippen LogP contribution in [-0.4, -0.2) is 196 Å². The fourth-order valence-electron chi connectivity index (χ4n) is 19.1. The zero-order valence-electron chi connectivity index (χ0n) is 70.1. The molecule has 17 atom stereocenters. The van der Waals surface area contributed by atoms with E-state index in [1.165, 1.54) is 5.56 Å². The number of ether oxygens (including phenoxy) is 6. The molecule has 17 unspecified atom stereocenters. The van der Waals surface area contributed by atoms with Gasteiger partial charge in [-0.15, -0.1) is 0 Å². The Kier molecular flexibility index (Phi) is 24.4. The zero-order valence-corrected chi connectivity index (χ0v) is 70.1. The predicted molar refractivity (Wildman–Crippen MR) is 459 cm³/mol. The Morgan fingerprint density at radius 3 is 1.38 bits per heavy atom. The predicted octanol–water partition coefficient (Wildman–Crippen LogP) is 10.1. The number of hydrogen-bond donors (Lipinski definition) is 12. The van der Waals surface area contributed by atoms with E-state index in [2.05, 4.69) is 58.5 Å². The lowest BCUT2D eigenvalue weighted by Gasteiger charge is -2.26. The van der Waals surface area contributed by atoms with Gasteiger partial charge in [0.1, 0.15) is 155 Å². The number of rotatable bonds is 14. The number of aliphatic hydroxyl groups is 8. The quantitative estimate of drug-likeness (QED) is 0.0481. The number of alkyl halides is 2. The van der Waals surface area contributed by atoms with Crippen LogP contribution in [0.25, 0.3) is 55.3 Å². The second kappa shape index (κ2) is 36.1. The highest BCUT2D eigenvalue weighted by molar-refractivity contribution is 5.82. The lowest BCUT2D eigenvalue weighted by Crippen LogP contribution is -2.35. The van der Waals surface area contributed by atoms with Crippen molar-refractivity contribution in [2.75, 3.05) is 32.8 Å². The molecular weight excluding hydrogens is 1620 g/mol. The zero-order chi connectivity index (χ0) is 87.5. The first-order valence-electron chi connectivity index (χ1n) is 42.8. The lowest BCUT2D eigenvalue weighted by atomic mass is 9.95. The summed E-state index contributed by atoms with van der Waals surface area (Å²) in [5.74, 6) is 2.52. The number of aryl methyl sites for hydroxylation is 4. The Hall–Kier alpha value is -11.6. The van der Waals surface area contributed by atoms with Crippen LogP contribution in [0.4, 0.5) is 13.2 Å². The lowest BCUT2D eigenvalue weighted by molar-refractivity contribution is -0.0167. The number of nitriles is 1. The van der Waals surface area contributed by atoms with E-state index in [9.17, 15) is 59.3 Å². The standard InChI is InChI=1S/C25H26N4O4.C23H24F3N3O3.C23H24N4O4.C23H27N3O4/c1-14-2-6-27-25-18(14)4-7-29(25)20-10-22(24(31)23(20)30)33-21-9-16(17-11-28-32-13-17)8-15-3-5-26-12-19(15)21;1-11-2-6-28-23-12(11)4-7-29(23)16-9-18(21(31)20(16)30)32-17-8-14(22(25)26)19(24)13-3-5-27-10-15(13)17;1-13-2-4-26-23-15(13)3-6-27(23)17-10-20(22(29)21(17)28)31-19-9-14(11-24)8-18-16(19)12-25-5-7-30-18;1-13-6-8-25-23-15(13)7-9-26(23)17-10-20(22(28)21(17)27)30-19-5-3-4-18-16(19)12-24-11-14(2)29-18/h2,4,6-9,11,13,20,22-24,26,30-31H,3,5,10,12H2,1H3;2,4,6-8,16,18,20-22,27,30-31H,3,5,9-10H2,1H3;2-4,6,8-9,17,20-22,25,28-29H,5,7,10,12H2,1H3;3-9,14,17,20-22,24,27-28H,10-12H2,1-2H3. The molecule has 0 saturated heterocycles. The smallest absolute Gasteiger partial charge is 0.266 e. The van der Waals surface area contributed by atoms with Gasteiger partial charge in [0.15, 0.2) is 0 Å². The van der Waals surface area contributed by atoms with Crippen molar-refractivity contribution in [2.24, 2.45) is 0 Å². The molecule has 4 aromatic carbocycles. The van der Waals surface area contributed by atoms with Gasteiger partial charge in [-0.1, -0.05) is 17.3 Å². The molecule has 12 N–H and O–H groups in total. The van der Waals surface area contributed by atoms with Crippen molar-refractivity contribution in [3.05, 3.63) is 232 Å². The Labute approximate surface area is 722 Å².